The quantitative estimate of drug-likeness (QED) is 0.809. The van der Waals surface area contributed by atoms with Gasteiger partial charge in [0.05, 0.1) is 12.2 Å². The number of carbonyl (C=O) groups is 1. The minimum atomic E-state index is -1.02. The second kappa shape index (κ2) is 5.69. The van der Waals surface area contributed by atoms with Crippen LogP contribution in [0.3, 0.4) is 0 Å². The first kappa shape index (κ1) is 13.3. The molecule has 0 amide bonds. The van der Waals surface area contributed by atoms with Crippen LogP contribution in [-0.2, 0) is 17.8 Å². The van der Waals surface area contributed by atoms with Gasteiger partial charge in [0.2, 0.25) is 0 Å². The minimum Gasteiger partial charge on any atom is -0.550 e. The Hall–Kier alpha value is -2.10. The molecule has 0 bridgehead atoms. The second-order valence-electron chi connectivity index (χ2n) is 4.66. The van der Waals surface area contributed by atoms with Gasteiger partial charge < -0.3 is 9.90 Å². The van der Waals surface area contributed by atoms with Crippen molar-refractivity contribution >= 4 is 5.97 Å². The molecule has 0 saturated heterocycles. The third-order valence-corrected chi connectivity index (χ3v) is 3.29. The van der Waals surface area contributed by atoms with Crippen LogP contribution >= 0.6 is 0 Å². The average Bonchev–Trinajstić information content (AvgIpc) is 2.63. The predicted molar refractivity (Wildman–Crippen MR) is 70.6 cm³/mol. The van der Waals surface area contributed by atoms with Crippen molar-refractivity contribution in [1.29, 1.82) is 0 Å². The van der Waals surface area contributed by atoms with E-state index < -0.39 is 5.97 Å². The van der Waals surface area contributed by atoms with Crippen molar-refractivity contribution in [3.8, 4) is 0 Å². The third kappa shape index (κ3) is 3.22. The molecule has 0 aliphatic carbocycles. The summed E-state index contributed by atoms with van der Waals surface area (Å²) < 4.78 is 1.93. The SMILES string of the molecule is Cc1nn(Cc2ccccc2)c(C)c1CCC(=O)[O-]. The molecule has 0 radical (unpaired) electrons. The highest BCUT2D eigenvalue weighted by molar-refractivity contribution is 5.64. The van der Waals surface area contributed by atoms with E-state index in [1.165, 1.54) is 5.56 Å². The summed E-state index contributed by atoms with van der Waals surface area (Å²) in [6.07, 6.45) is 0.521. The highest BCUT2D eigenvalue weighted by atomic mass is 16.4. The Balaban J connectivity index is 2.19. The lowest BCUT2D eigenvalue weighted by Gasteiger charge is -2.06. The predicted octanol–water partition coefficient (Wildman–Crippen LogP) is 1.23. The van der Waals surface area contributed by atoms with Gasteiger partial charge in [-0.05, 0) is 37.8 Å². The van der Waals surface area contributed by atoms with E-state index in [9.17, 15) is 9.90 Å². The molecule has 2 rings (SSSR count). The minimum absolute atomic E-state index is 0.0404. The number of carboxylic acid groups (broad SMARTS) is 1. The van der Waals surface area contributed by atoms with Crippen LogP contribution in [0.2, 0.25) is 0 Å². The van der Waals surface area contributed by atoms with Crippen molar-refractivity contribution in [3.63, 3.8) is 0 Å². The van der Waals surface area contributed by atoms with Gasteiger partial charge in [-0.3, -0.25) is 4.68 Å². The zero-order chi connectivity index (χ0) is 13.8. The summed E-state index contributed by atoms with van der Waals surface area (Å²) in [5, 5.41) is 15.0. The number of aliphatic carboxylic acids is 1. The van der Waals surface area contributed by atoms with E-state index in [0.29, 0.717) is 13.0 Å². The molecular formula is C15H17N2O2-. The van der Waals surface area contributed by atoms with Crippen molar-refractivity contribution in [2.75, 3.05) is 0 Å². The Morgan fingerprint density at radius 3 is 2.58 bits per heavy atom. The Bertz CT molecular complexity index is 573. The highest BCUT2D eigenvalue weighted by Crippen LogP contribution is 2.16. The first-order valence-corrected chi connectivity index (χ1v) is 6.34. The van der Waals surface area contributed by atoms with Crippen LogP contribution in [0.1, 0.15) is 28.9 Å². The molecule has 0 fully saturated rings. The van der Waals surface area contributed by atoms with Crippen molar-refractivity contribution in [2.45, 2.75) is 33.2 Å². The number of nitrogens with zero attached hydrogens (tertiary/aromatic N) is 2. The van der Waals surface area contributed by atoms with Crippen molar-refractivity contribution in [2.24, 2.45) is 0 Å². The summed E-state index contributed by atoms with van der Waals surface area (Å²) in [6.45, 7) is 4.60. The summed E-state index contributed by atoms with van der Waals surface area (Å²) in [6, 6.07) is 10.1. The number of rotatable bonds is 5. The van der Waals surface area contributed by atoms with Crippen LogP contribution < -0.4 is 5.11 Å². The van der Waals surface area contributed by atoms with Gasteiger partial charge in [0.1, 0.15) is 0 Å². The molecule has 1 heterocycles. The second-order valence-corrected chi connectivity index (χ2v) is 4.66. The number of benzene rings is 1. The molecule has 0 N–H and O–H groups in total. The number of hydrogen-bond acceptors (Lipinski definition) is 3. The van der Waals surface area contributed by atoms with Gasteiger partial charge in [0.15, 0.2) is 0 Å². The highest BCUT2D eigenvalue weighted by Gasteiger charge is 2.11. The molecule has 0 atom stereocenters. The summed E-state index contributed by atoms with van der Waals surface area (Å²) in [5.74, 6) is -1.02. The van der Waals surface area contributed by atoms with Gasteiger partial charge in [-0.15, -0.1) is 0 Å². The van der Waals surface area contributed by atoms with Gasteiger partial charge in [-0.25, -0.2) is 0 Å². The lowest BCUT2D eigenvalue weighted by molar-refractivity contribution is -0.305. The van der Waals surface area contributed by atoms with Gasteiger partial charge in [0, 0.05) is 11.7 Å². The molecule has 2 aromatic rings. The molecule has 0 spiro atoms. The molecule has 1 aromatic heterocycles. The fourth-order valence-electron chi connectivity index (χ4n) is 2.23. The molecule has 4 heteroatoms. The number of aromatic nitrogens is 2. The molecule has 4 nitrogen and oxygen atoms in total. The van der Waals surface area contributed by atoms with Crippen LogP contribution in [0.4, 0.5) is 0 Å². The first-order chi connectivity index (χ1) is 9.08. The zero-order valence-corrected chi connectivity index (χ0v) is 11.2. The van der Waals surface area contributed by atoms with E-state index in [4.69, 9.17) is 0 Å². The molecular weight excluding hydrogens is 240 g/mol. The van der Waals surface area contributed by atoms with Gasteiger partial charge in [-0.1, -0.05) is 30.3 Å². The Morgan fingerprint density at radius 2 is 1.95 bits per heavy atom. The van der Waals surface area contributed by atoms with Crippen molar-refractivity contribution in [1.82, 2.24) is 9.78 Å². The number of hydrogen-bond donors (Lipinski definition) is 0. The van der Waals surface area contributed by atoms with E-state index in [1.54, 1.807) is 0 Å². The molecule has 19 heavy (non-hydrogen) atoms. The van der Waals surface area contributed by atoms with E-state index in [2.05, 4.69) is 17.2 Å². The van der Waals surface area contributed by atoms with Crippen LogP contribution in [-0.4, -0.2) is 15.7 Å². The Labute approximate surface area is 112 Å². The zero-order valence-electron chi connectivity index (χ0n) is 11.2. The van der Waals surface area contributed by atoms with Crippen LogP contribution in [0, 0.1) is 13.8 Å². The monoisotopic (exact) mass is 257 g/mol. The summed E-state index contributed by atoms with van der Waals surface area (Å²) >= 11 is 0. The van der Waals surface area contributed by atoms with Crippen LogP contribution in [0.25, 0.3) is 0 Å². The van der Waals surface area contributed by atoms with E-state index >= 15 is 0 Å². The van der Waals surface area contributed by atoms with Crippen molar-refractivity contribution in [3.05, 3.63) is 52.8 Å². The summed E-state index contributed by atoms with van der Waals surface area (Å²) in [7, 11) is 0. The van der Waals surface area contributed by atoms with Gasteiger partial charge >= 0.3 is 0 Å². The number of carbonyl (C=O) groups excluding carboxylic acids is 1. The molecule has 1 aromatic carbocycles. The van der Waals surface area contributed by atoms with E-state index in [0.717, 1.165) is 17.0 Å². The van der Waals surface area contributed by atoms with E-state index in [1.807, 2.05) is 36.7 Å². The smallest absolute Gasteiger partial charge is 0.0662 e. The topological polar surface area (TPSA) is 58.0 Å². The first-order valence-electron chi connectivity index (χ1n) is 6.34. The molecule has 0 aliphatic heterocycles. The summed E-state index contributed by atoms with van der Waals surface area (Å²) in [4.78, 5) is 10.6. The molecule has 0 unspecified atom stereocenters. The molecule has 100 valence electrons. The van der Waals surface area contributed by atoms with Gasteiger partial charge in [0.25, 0.3) is 0 Å². The normalized spacial score (nSPS) is 10.6. The maximum Gasteiger partial charge on any atom is 0.0662 e. The fourth-order valence-corrected chi connectivity index (χ4v) is 2.23. The maximum atomic E-state index is 10.6. The maximum absolute atomic E-state index is 10.6. The lowest BCUT2D eigenvalue weighted by atomic mass is 10.1. The van der Waals surface area contributed by atoms with E-state index in [-0.39, 0.29) is 6.42 Å². The largest absolute Gasteiger partial charge is 0.550 e. The number of aryl methyl sites for hydroxylation is 1. The standard InChI is InChI=1S/C15H18N2O2/c1-11-14(8-9-15(18)19)12(2)17(16-11)10-13-6-4-3-5-7-13/h3-7H,8-10H2,1-2H3,(H,18,19)/p-1. The fraction of sp³-hybridized carbons (Fsp3) is 0.333. The Morgan fingerprint density at radius 1 is 1.26 bits per heavy atom. The molecule has 0 saturated carbocycles. The lowest BCUT2D eigenvalue weighted by Crippen LogP contribution is -2.22. The Kier molecular flexibility index (Phi) is 4.00. The van der Waals surface area contributed by atoms with Crippen molar-refractivity contribution < 1.29 is 9.90 Å². The molecule has 0 aliphatic rings. The van der Waals surface area contributed by atoms with Gasteiger partial charge in [-0.2, -0.15) is 5.10 Å². The summed E-state index contributed by atoms with van der Waals surface area (Å²) in [5.41, 5.74) is 4.12. The number of carboxylic acids is 1. The van der Waals surface area contributed by atoms with Crippen LogP contribution in [0.5, 0.6) is 0 Å². The third-order valence-electron chi connectivity index (χ3n) is 3.29. The van der Waals surface area contributed by atoms with Crippen LogP contribution in [0.15, 0.2) is 30.3 Å². The average molecular weight is 257 g/mol.